The summed E-state index contributed by atoms with van der Waals surface area (Å²) < 4.78 is 2.15. The fourth-order valence-corrected chi connectivity index (χ4v) is 3.85. The lowest BCUT2D eigenvalue weighted by Gasteiger charge is -2.23. The van der Waals surface area contributed by atoms with Crippen molar-refractivity contribution in [3.8, 4) is 0 Å². The first-order chi connectivity index (χ1) is 11.7. The van der Waals surface area contributed by atoms with Crippen molar-refractivity contribution in [3.05, 3.63) is 17.5 Å². The van der Waals surface area contributed by atoms with E-state index >= 15 is 0 Å². The highest BCUT2D eigenvalue weighted by molar-refractivity contribution is 5.79. The summed E-state index contributed by atoms with van der Waals surface area (Å²) in [6.07, 6.45) is 7.02. The van der Waals surface area contributed by atoms with Gasteiger partial charge in [-0.2, -0.15) is 5.10 Å². The van der Waals surface area contributed by atoms with E-state index in [1.165, 1.54) is 31.5 Å². The fraction of sp³-hybridized carbons (Fsp3) is 0.789. The second-order valence-electron chi connectivity index (χ2n) is 7.68. The van der Waals surface area contributed by atoms with E-state index < -0.39 is 0 Å². The predicted octanol–water partition coefficient (Wildman–Crippen LogP) is 2.94. The van der Waals surface area contributed by atoms with E-state index in [0.29, 0.717) is 6.54 Å². The molecule has 2 aliphatic rings. The third-order valence-electron chi connectivity index (χ3n) is 5.41. The first kappa shape index (κ1) is 17.5. The lowest BCUT2D eigenvalue weighted by Crippen LogP contribution is -2.34. The molecule has 1 aliphatic carbocycles. The second-order valence-corrected chi connectivity index (χ2v) is 7.68. The van der Waals surface area contributed by atoms with Crippen LogP contribution in [0.25, 0.3) is 0 Å². The van der Waals surface area contributed by atoms with Gasteiger partial charge in [-0.3, -0.25) is 14.4 Å². The van der Waals surface area contributed by atoms with E-state index in [1.54, 1.807) is 0 Å². The average molecular weight is 332 g/mol. The van der Waals surface area contributed by atoms with Crippen molar-refractivity contribution in [2.24, 2.45) is 11.8 Å². The molecule has 0 aromatic carbocycles. The summed E-state index contributed by atoms with van der Waals surface area (Å²) in [5.74, 6) is 1.21. The predicted molar refractivity (Wildman–Crippen MR) is 95.4 cm³/mol. The number of fused-ring (bicyclic) bond motifs is 1. The van der Waals surface area contributed by atoms with Gasteiger partial charge in [0.05, 0.1) is 17.9 Å². The molecule has 1 aromatic heterocycles. The number of nitrogens with zero attached hydrogens (tertiary/aromatic N) is 3. The topological polar surface area (TPSA) is 50.2 Å². The van der Waals surface area contributed by atoms with E-state index in [4.69, 9.17) is 5.10 Å². The zero-order valence-electron chi connectivity index (χ0n) is 15.3. The molecule has 0 spiro atoms. The summed E-state index contributed by atoms with van der Waals surface area (Å²) in [5.41, 5.74) is 2.30. The molecule has 0 radical (unpaired) electrons. The average Bonchev–Trinajstić information content (AvgIpc) is 2.76. The number of hydrogen-bond acceptors (Lipinski definition) is 3. The monoisotopic (exact) mass is 332 g/mol. The molecule has 1 fully saturated rings. The maximum Gasteiger partial charge on any atom is 0.223 e. The summed E-state index contributed by atoms with van der Waals surface area (Å²) in [6.45, 7) is 9.49. The molecular weight excluding hydrogens is 300 g/mol. The van der Waals surface area contributed by atoms with Crippen molar-refractivity contribution >= 4 is 5.91 Å². The van der Waals surface area contributed by atoms with Crippen LogP contribution in [0.5, 0.6) is 0 Å². The minimum absolute atomic E-state index is 0.208. The summed E-state index contributed by atoms with van der Waals surface area (Å²) >= 11 is 0. The van der Waals surface area contributed by atoms with Gasteiger partial charge < -0.3 is 5.32 Å². The summed E-state index contributed by atoms with van der Waals surface area (Å²) in [7, 11) is 0. The van der Waals surface area contributed by atoms with Crippen molar-refractivity contribution in [2.45, 2.75) is 72.0 Å². The zero-order valence-corrected chi connectivity index (χ0v) is 15.3. The number of amides is 1. The van der Waals surface area contributed by atoms with E-state index in [-0.39, 0.29) is 11.8 Å². The smallest absolute Gasteiger partial charge is 0.223 e. The molecule has 1 N–H and O–H groups in total. The molecule has 0 saturated heterocycles. The number of rotatable bonds is 7. The first-order valence-corrected chi connectivity index (χ1v) is 9.71. The number of hydrogen-bond donors (Lipinski definition) is 1. The molecule has 3 rings (SSSR count). The third-order valence-corrected chi connectivity index (χ3v) is 5.41. The van der Waals surface area contributed by atoms with Crippen LogP contribution in [0, 0.1) is 11.8 Å². The Kier molecular flexibility index (Phi) is 5.93. The van der Waals surface area contributed by atoms with Gasteiger partial charge in [-0.05, 0) is 37.7 Å². The van der Waals surface area contributed by atoms with Crippen molar-refractivity contribution in [3.63, 3.8) is 0 Å². The largest absolute Gasteiger partial charge is 0.350 e. The number of nitrogens with one attached hydrogen (secondary N) is 1. The number of aromatic nitrogens is 2. The quantitative estimate of drug-likeness (QED) is 0.835. The zero-order chi connectivity index (χ0) is 16.9. The Labute approximate surface area is 145 Å². The normalized spacial score (nSPS) is 20.1. The summed E-state index contributed by atoms with van der Waals surface area (Å²) in [6, 6.07) is 2.18. The molecule has 24 heavy (non-hydrogen) atoms. The van der Waals surface area contributed by atoms with E-state index in [9.17, 15) is 4.79 Å². The maximum atomic E-state index is 12.0. The molecule has 2 heterocycles. The molecule has 1 saturated carbocycles. The number of aryl methyl sites for hydroxylation is 1. The van der Waals surface area contributed by atoms with Crippen molar-refractivity contribution < 1.29 is 4.79 Å². The summed E-state index contributed by atoms with van der Waals surface area (Å²) in [5, 5.41) is 7.77. The minimum atomic E-state index is 0.208. The van der Waals surface area contributed by atoms with Crippen LogP contribution in [0.2, 0.25) is 0 Å². The number of carbonyl (C=O) groups is 1. The van der Waals surface area contributed by atoms with E-state index in [1.807, 2.05) is 0 Å². The van der Waals surface area contributed by atoms with Crippen LogP contribution in [-0.4, -0.2) is 33.7 Å². The standard InChI is InChI=1S/C19H32N4O/c1-3-6-15(2)13-22-9-5-10-23-18(14-22)11-17(21-23)12-20-19(24)16-7-4-8-16/h11,15-16H,3-10,12-14H2,1-2H3,(H,20,24). The van der Waals surface area contributed by atoms with Gasteiger partial charge in [0.2, 0.25) is 5.91 Å². The fourth-order valence-electron chi connectivity index (χ4n) is 3.85. The van der Waals surface area contributed by atoms with E-state index in [2.05, 4.69) is 34.8 Å². The third kappa shape index (κ3) is 4.38. The molecule has 5 nitrogen and oxygen atoms in total. The molecular formula is C19H32N4O. The second kappa shape index (κ2) is 8.15. The van der Waals surface area contributed by atoms with E-state index in [0.717, 1.165) is 50.5 Å². The maximum absolute atomic E-state index is 12.0. The lowest BCUT2D eigenvalue weighted by atomic mass is 9.85. The van der Waals surface area contributed by atoms with Gasteiger partial charge in [0, 0.05) is 32.1 Å². The van der Waals surface area contributed by atoms with Crippen LogP contribution in [0.4, 0.5) is 0 Å². The van der Waals surface area contributed by atoms with Gasteiger partial charge in [-0.25, -0.2) is 0 Å². The Bertz CT molecular complexity index is 550. The van der Waals surface area contributed by atoms with Crippen molar-refractivity contribution in [1.29, 1.82) is 0 Å². The highest BCUT2D eigenvalue weighted by Gasteiger charge is 2.25. The van der Waals surface area contributed by atoms with Gasteiger partial charge >= 0.3 is 0 Å². The highest BCUT2D eigenvalue weighted by atomic mass is 16.1. The molecule has 1 atom stereocenters. The molecule has 5 heteroatoms. The van der Waals surface area contributed by atoms with Crippen LogP contribution in [-0.2, 0) is 24.4 Å². The van der Waals surface area contributed by atoms with Crippen LogP contribution in [0.15, 0.2) is 6.07 Å². The molecule has 1 unspecified atom stereocenters. The first-order valence-electron chi connectivity index (χ1n) is 9.71. The Morgan fingerprint density at radius 3 is 2.92 bits per heavy atom. The van der Waals surface area contributed by atoms with Gasteiger partial charge in [0.15, 0.2) is 0 Å². The SMILES string of the molecule is CCCC(C)CN1CCCn2nc(CNC(=O)C3CCC3)cc2C1. The van der Waals surface area contributed by atoms with Crippen LogP contribution in [0.1, 0.15) is 63.8 Å². The molecule has 1 aromatic rings. The molecule has 1 aliphatic heterocycles. The minimum Gasteiger partial charge on any atom is -0.350 e. The van der Waals surface area contributed by atoms with Crippen molar-refractivity contribution in [2.75, 3.05) is 13.1 Å². The van der Waals surface area contributed by atoms with Gasteiger partial charge in [0.1, 0.15) is 0 Å². The Morgan fingerprint density at radius 2 is 2.21 bits per heavy atom. The Morgan fingerprint density at radius 1 is 1.38 bits per heavy atom. The van der Waals surface area contributed by atoms with Gasteiger partial charge in [0.25, 0.3) is 0 Å². The Hall–Kier alpha value is -1.36. The highest BCUT2D eigenvalue weighted by Crippen LogP contribution is 2.26. The van der Waals surface area contributed by atoms with Crippen LogP contribution in [0.3, 0.4) is 0 Å². The lowest BCUT2D eigenvalue weighted by molar-refractivity contribution is -0.127. The Balaban J connectivity index is 1.54. The van der Waals surface area contributed by atoms with Gasteiger partial charge in [-0.15, -0.1) is 0 Å². The molecule has 0 bridgehead atoms. The molecule has 1 amide bonds. The van der Waals surface area contributed by atoms with Crippen LogP contribution >= 0.6 is 0 Å². The number of carbonyl (C=O) groups excluding carboxylic acids is 1. The summed E-state index contributed by atoms with van der Waals surface area (Å²) in [4.78, 5) is 14.5. The van der Waals surface area contributed by atoms with Gasteiger partial charge in [-0.1, -0.05) is 26.7 Å². The molecule has 134 valence electrons. The van der Waals surface area contributed by atoms with Crippen molar-refractivity contribution in [1.82, 2.24) is 20.0 Å². The van der Waals surface area contributed by atoms with Crippen LogP contribution < -0.4 is 5.32 Å².